The van der Waals surface area contributed by atoms with Crippen LogP contribution in [0.4, 0.5) is 18.9 Å². The molecule has 1 atom stereocenters. The second-order valence-corrected chi connectivity index (χ2v) is 7.17. The number of allylic oxidation sites excluding steroid dienone is 2. The van der Waals surface area contributed by atoms with Crippen molar-refractivity contribution in [3.8, 4) is 0 Å². The van der Waals surface area contributed by atoms with Gasteiger partial charge in [0.25, 0.3) is 0 Å². The summed E-state index contributed by atoms with van der Waals surface area (Å²) in [6.07, 6.45) is -0.106. The van der Waals surface area contributed by atoms with Crippen molar-refractivity contribution in [2.24, 2.45) is 11.7 Å². The molecule has 1 aliphatic carbocycles. The number of carbonyl (C=O) groups excluding carboxylic acids is 3. The van der Waals surface area contributed by atoms with E-state index in [-0.39, 0.29) is 17.8 Å². The van der Waals surface area contributed by atoms with Gasteiger partial charge in [0, 0.05) is 22.4 Å². The summed E-state index contributed by atoms with van der Waals surface area (Å²) >= 11 is 0. The predicted molar refractivity (Wildman–Crippen MR) is 110 cm³/mol. The third-order valence-electron chi connectivity index (χ3n) is 4.81. The van der Waals surface area contributed by atoms with Gasteiger partial charge in [-0.05, 0) is 17.7 Å². The Balaban J connectivity index is 1.80. The molecule has 31 heavy (non-hydrogen) atoms. The van der Waals surface area contributed by atoms with Gasteiger partial charge in [0.2, 0.25) is 11.8 Å². The van der Waals surface area contributed by atoms with Gasteiger partial charge in [-0.15, -0.1) is 0 Å². The van der Waals surface area contributed by atoms with Crippen molar-refractivity contribution < 1.29 is 27.6 Å². The number of amides is 2. The number of Topliss-reactive ketones (excluding diaryl/α,β-unsaturated/α-hetero) is 1. The smallest absolute Gasteiger partial charge is 0.369 e. The minimum Gasteiger partial charge on any atom is -0.369 e. The first kappa shape index (κ1) is 22.0. The second kappa shape index (κ2) is 8.59. The molecule has 5 nitrogen and oxygen atoms in total. The van der Waals surface area contributed by atoms with Crippen LogP contribution in [0.15, 0.2) is 60.2 Å². The summed E-state index contributed by atoms with van der Waals surface area (Å²) in [5, 5.41) is 2.65. The molecule has 0 fully saturated rings. The van der Waals surface area contributed by atoms with Crippen LogP contribution in [0, 0.1) is 5.92 Å². The van der Waals surface area contributed by atoms with Gasteiger partial charge in [-0.1, -0.05) is 55.5 Å². The van der Waals surface area contributed by atoms with Crippen LogP contribution in [0.1, 0.15) is 34.0 Å². The monoisotopic (exact) mass is 428 g/mol. The van der Waals surface area contributed by atoms with Gasteiger partial charge in [0.1, 0.15) is 0 Å². The highest BCUT2D eigenvalue weighted by Gasteiger charge is 2.30. The van der Waals surface area contributed by atoms with E-state index < -0.39 is 29.5 Å². The van der Waals surface area contributed by atoms with Crippen LogP contribution < -0.4 is 11.1 Å². The molecule has 0 radical (unpaired) electrons. The maximum absolute atomic E-state index is 12.9. The quantitative estimate of drug-likeness (QED) is 0.702. The van der Waals surface area contributed by atoms with E-state index >= 15 is 0 Å². The van der Waals surface area contributed by atoms with E-state index in [1.807, 2.05) is 0 Å². The molecule has 0 unspecified atom stereocenters. The van der Waals surface area contributed by atoms with E-state index in [2.05, 4.69) is 5.32 Å². The summed E-state index contributed by atoms with van der Waals surface area (Å²) in [5.41, 5.74) is 6.12. The highest BCUT2D eigenvalue weighted by Crippen LogP contribution is 2.31. The van der Waals surface area contributed by atoms with Crippen LogP contribution in [0.5, 0.6) is 0 Å². The van der Waals surface area contributed by atoms with Crippen LogP contribution >= 0.6 is 0 Å². The predicted octanol–water partition coefficient (Wildman–Crippen LogP) is 4.14. The van der Waals surface area contributed by atoms with Crippen molar-refractivity contribution in [2.45, 2.75) is 19.5 Å². The van der Waals surface area contributed by atoms with Crippen molar-refractivity contribution in [1.82, 2.24) is 0 Å². The Morgan fingerprint density at radius 2 is 1.84 bits per heavy atom. The topological polar surface area (TPSA) is 89.3 Å². The summed E-state index contributed by atoms with van der Waals surface area (Å²) in [4.78, 5) is 36.4. The standard InChI is InChI=1S/C23H19F3N2O3/c1-13(22(27)31)10-15-8-9-17-18(21(15)30)6-3-7-19(17)28-20(29)12-14-4-2-5-16(11-14)23(24,25)26/h2-11,13H,12H2,1H3,(H2,27,31)(H,28,29)/b15-10+/t13-/m0/s1. The van der Waals surface area contributed by atoms with E-state index in [0.717, 1.165) is 12.1 Å². The van der Waals surface area contributed by atoms with Crippen LogP contribution in [0.3, 0.4) is 0 Å². The fraction of sp³-hybridized carbons (Fsp3) is 0.174. The number of nitrogens with two attached hydrogens (primary N) is 1. The molecule has 2 aromatic carbocycles. The molecular formula is C23H19F3N2O3. The fourth-order valence-corrected chi connectivity index (χ4v) is 3.18. The summed E-state index contributed by atoms with van der Waals surface area (Å²) < 4.78 is 38.6. The SMILES string of the molecule is C[C@@H](/C=C1\C=Cc2c(NC(=O)Cc3cccc(C(F)(F)F)c3)cccc2C1=O)C(N)=O. The number of nitrogens with one attached hydrogen (secondary N) is 1. The number of primary amides is 1. The molecule has 3 N–H and O–H groups in total. The van der Waals surface area contributed by atoms with Gasteiger partial charge < -0.3 is 11.1 Å². The summed E-state index contributed by atoms with van der Waals surface area (Å²) in [6.45, 7) is 1.58. The highest BCUT2D eigenvalue weighted by molar-refractivity contribution is 6.17. The number of hydrogen-bond donors (Lipinski definition) is 2. The lowest BCUT2D eigenvalue weighted by Gasteiger charge is -2.17. The molecule has 0 heterocycles. The van der Waals surface area contributed by atoms with E-state index in [9.17, 15) is 27.6 Å². The maximum Gasteiger partial charge on any atom is 0.416 e. The van der Waals surface area contributed by atoms with Crippen LogP contribution in [0.25, 0.3) is 6.08 Å². The Kier molecular flexibility index (Phi) is 6.10. The van der Waals surface area contributed by atoms with Gasteiger partial charge in [-0.3, -0.25) is 14.4 Å². The van der Waals surface area contributed by atoms with E-state index in [1.165, 1.54) is 24.3 Å². The lowest BCUT2D eigenvalue weighted by atomic mass is 9.89. The minimum atomic E-state index is -4.49. The molecule has 3 rings (SSSR count). The van der Waals surface area contributed by atoms with Crippen LogP contribution in [-0.4, -0.2) is 17.6 Å². The number of ketones is 1. The average Bonchev–Trinajstić information content (AvgIpc) is 2.70. The molecule has 1 aliphatic rings. The summed E-state index contributed by atoms with van der Waals surface area (Å²) in [6, 6.07) is 9.34. The van der Waals surface area contributed by atoms with Crippen molar-refractivity contribution in [1.29, 1.82) is 0 Å². The van der Waals surface area contributed by atoms with Crippen LogP contribution in [0.2, 0.25) is 0 Å². The van der Waals surface area contributed by atoms with Crippen molar-refractivity contribution >= 4 is 29.4 Å². The number of benzene rings is 2. The second-order valence-electron chi connectivity index (χ2n) is 7.17. The zero-order valence-electron chi connectivity index (χ0n) is 16.5. The number of rotatable bonds is 5. The number of fused-ring (bicyclic) bond motifs is 1. The number of alkyl halides is 3. The molecule has 0 aromatic heterocycles. The molecule has 160 valence electrons. The Bertz CT molecular complexity index is 1120. The van der Waals surface area contributed by atoms with Gasteiger partial charge in [-0.2, -0.15) is 13.2 Å². The summed E-state index contributed by atoms with van der Waals surface area (Å²) in [7, 11) is 0. The Hall–Kier alpha value is -3.68. The normalized spacial score (nSPS) is 15.5. The molecule has 0 bridgehead atoms. The lowest BCUT2D eigenvalue weighted by molar-refractivity contribution is -0.137. The maximum atomic E-state index is 12.9. The largest absolute Gasteiger partial charge is 0.416 e. The molecule has 0 spiro atoms. The fourth-order valence-electron chi connectivity index (χ4n) is 3.18. The Morgan fingerprint density at radius 1 is 1.13 bits per heavy atom. The molecular weight excluding hydrogens is 409 g/mol. The number of carbonyl (C=O) groups is 3. The van der Waals surface area contributed by atoms with Crippen molar-refractivity contribution in [3.05, 3.63) is 82.4 Å². The first-order valence-corrected chi connectivity index (χ1v) is 9.39. The molecule has 0 saturated heterocycles. The first-order chi connectivity index (χ1) is 14.6. The van der Waals surface area contributed by atoms with Crippen molar-refractivity contribution in [3.63, 3.8) is 0 Å². The lowest BCUT2D eigenvalue weighted by Crippen LogP contribution is -2.21. The minimum absolute atomic E-state index is 0.217. The third kappa shape index (κ3) is 5.09. The zero-order valence-corrected chi connectivity index (χ0v) is 16.5. The number of halogens is 3. The molecule has 0 saturated carbocycles. The van der Waals surface area contributed by atoms with Gasteiger partial charge in [0.05, 0.1) is 17.9 Å². The van der Waals surface area contributed by atoms with E-state index in [4.69, 9.17) is 5.73 Å². The molecule has 8 heteroatoms. The molecule has 2 aromatic rings. The first-order valence-electron chi connectivity index (χ1n) is 9.39. The number of hydrogen-bond acceptors (Lipinski definition) is 3. The summed E-state index contributed by atoms with van der Waals surface area (Å²) in [5.74, 6) is -2.02. The third-order valence-corrected chi connectivity index (χ3v) is 4.81. The average molecular weight is 428 g/mol. The molecule has 0 aliphatic heterocycles. The van der Waals surface area contributed by atoms with Gasteiger partial charge >= 0.3 is 6.18 Å². The van der Waals surface area contributed by atoms with E-state index in [1.54, 1.807) is 31.2 Å². The molecule has 2 amide bonds. The Morgan fingerprint density at radius 3 is 2.52 bits per heavy atom. The Labute approximate surface area is 176 Å². The highest BCUT2D eigenvalue weighted by atomic mass is 19.4. The van der Waals surface area contributed by atoms with E-state index in [0.29, 0.717) is 22.4 Å². The van der Waals surface area contributed by atoms with Gasteiger partial charge in [-0.25, -0.2) is 0 Å². The van der Waals surface area contributed by atoms with Crippen LogP contribution in [-0.2, 0) is 22.2 Å². The van der Waals surface area contributed by atoms with Crippen molar-refractivity contribution in [2.75, 3.05) is 5.32 Å². The number of anilines is 1. The zero-order chi connectivity index (χ0) is 22.8. The van der Waals surface area contributed by atoms with Gasteiger partial charge in [0.15, 0.2) is 5.78 Å².